The first-order valence-electron chi connectivity index (χ1n) is 5.01. The maximum atomic E-state index is 8.96. The van der Waals surface area contributed by atoms with E-state index >= 15 is 0 Å². The molecule has 0 aromatic carbocycles. The third-order valence-corrected chi connectivity index (χ3v) is 3.41. The molecule has 1 N–H and O–H groups in total. The molecular weight excluding hydrogens is 232 g/mol. The normalized spacial score (nSPS) is 17.8. The van der Waals surface area contributed by atoms with Gasteiger partial charge in [0.2, 0.25) is 0 Å². The van der Waals surface area contributed by atoms with Crippen molar-refractivity contribution in [2.24, 2.45) is 0 Å². The number of aliphatic hydroxyl groups excluding tert-OH is 1. The van der Waals surface area contributed by atoms with Crippen LogP contribution in [0.15, 0.2) is 11.1 Å². The maximum Gasteiger partial charge on any atom is 0.134 e. The molecule has 0 radical (unpaired) electrons. The molecule has 1 aliphatic carbocycles. The van der Waals surface area contributed by atoms with Crippen molar-refractivity contribution in [3.63, 3.8) is 0 Å². The Bertz CT molecular complexity index is 357. The molecule has 1 atom stereocenters. The molecule has 0 bridgehead atoms. The standard InChI is InChI=1S/C10H13ClN2OS/c1-6(5-14)15-9-4-8(11)12-10(13-9)7-2-3-7/h4,6-7,14H,2-3,5H2,1H3. The number of nitrogens with zero attached hydrogens (tertiary/aromatic N) is 2. The Morgan fingerprint density at radius 2 is 2.33 bits per heavy atom. The largest absolute Gasteiger partial charge is 0.395 e. The summed E-state index contributed by atoms with van der Waals surface area (Å²) in [5.74, 6) is 1.36. The van der Waals surface area contributed by atoms with Gasteiger partial charge >= 0.3 is 0 Å². The second-order valence-electron chi connectivity index (χ2n) is 3.77. The molecule has 82 valence electrons. The van der Waals surface area contributed by atoms with Gasteiger partial charge in [0.1, 0.15) is 16.0 Å². The van der Waals surface area contributed by atoms with E-state index in [9.17, 15) is 0 Å². The molecule has 1 unspecified atom stereocenters. The molecule has 15 heavy (non-hydrogen) atoms. The Morgan fingerprint density at radius 1 is 1.60 bits per heavy atom. The number of aliphatic hydroxyl groups is 1. The third-order valence-electron chi connectivity index (χ3n) is 2.21. The molecule has 1 heterocycles. The average Bonchev–Trinajstić information content (AvgIpc) is 2.99. The lowest BCUT2D eigenvalue weighted by molar-refractivity contribution is 0.300. The van der Waals surface area contributed by atoms with Crippen molar-refractivity contribution in [1.29, 1.82) is 0 Å². The van der Waals surface area contributed by atoms with E-state index in [0.29, 0.717) is 11.1 Å². The molecule has 1 aliphatic rings. The van der Waals surface area contributed by atoms with Crippen LogP contribution in [0.5, 0.6) is 0 Å². The van der Waals surface area contributed by atoms with Gasteiger partial charge in [-0.1, -0.05) is 18.5 Å². The third kappa shape index (κ3) is 3.06. The van der Waals surface area contributed by atoms with Gasteiger partial charge in [0.25, 0.3) is 0 Å². The van der Waals surface area contributed by atoms with E-state index in [1.165, 1.54) is 24.6 Å². The van der Waals surface area contributed by atoms with Gasteiger partial charge in [-0.05, 0) is 12.8 Å². The van der Waals surface area contributed by atoms with Crippen LogP contribution in [0.25, 0.3) is 0 Å². The molecule has 0 aliphatic heterocycles. The van der Waals surface area contributed by atoms with E-state index < -0.39 is 0 Å². The van der Waals surface area contributed by atoms with Crippen LogP contribution in [0, 0.1) is 0 Å². The van der Waals surface area contributed by atoms with Gasteiger partial charge < -0.3 is 5.11 Å². The molecule has 3 nitrogen and oxygen atoms in total. The first-order chi connectivity index (χ1) is 7.19. The molecule has 1 saturated carbocycles. The second-order valence-corrected chi connectivity index (χ2v) is 5.62. The van der Waals surface area contributed by atoms with E-state index in [4.69, 9.17) is 16.7 Å². The van der Waals surface area contributed by atoms with Crippen LogP contribution < -0.4 is 0 Å². The first-order valence-corrected chi connectivity index (χ1v) is 6.27. The van der Waals surface area contributed by atoms with Crippen molar-refractivity contribution in [2.45, 2.75) is 36.0 Å². The van der Waals surface area contributed by atoms with Gasteiger partial charge in [0.05, 0.1) is 6.61 Å². The SMILES string of the molecule is CC(CO)Sc1cc(Cl)nc(C2CC2)n1. The summed E-state index contributed by atoms with van der Waals surface area (Å²) in [6.45, 7) is 2.10. The topological polar surface area (TPSA) is 46.0 Å². The summed E-state index contributed by atoms with van der Waals surface area (Å²) in [6.07, 6.45) is 2.33. The van der Waals surface area contributed by atoms with E-state index in [0.717, 1.165) is 10.9 Å². The fraction of sp³-hybridized carbons (Fsp3) is 0.600. The highest BCUT2D eigenvalue weighted by atomic mass is 35.5. The van der Waals surface area contributed by atoms with E-state index in [-0.39, 0.29) is 11.9 Å². The molecule has 5 heteroatoms. The average molecular weight is 245 g/mol. The van der Waals surface area contributed by atoms with Crippen molar-refractivity contribution in [2.75, 3.05) is 6.61 Å². The lowest BCUT2D eigenvalue weighted by Crippen LogP contribution is -2.03. The molecule has 0 spiro atoms. The number of aromatic nitrogens is 2. The molecule has 2 rings (SSSR count). The number of hydrogen-bond acceptors (Lipinski definition) is 4. The lowest BCUT2D eigenvalue weighted by atomic mass is 10.4. The van der Waals surface area contributed by atoms with Crippen molar-refractivity contribution in [3.8, 4) is 0 Å². The number of rotatable bonds is 4. The van der Waals surface area contributed by atoms with Crippen LogP contribution in [0.1, 0.15) is 31.5 Å². The van der Waals surface area contributed by atoms with Gasteiger partial charge in [0.15, 0.2) is 0 Å². The second kappa shape index (κ2) is 4.68. The zero-order valence-electron chi connectivity index (χ0n) is 8.48. The summed E-state index contributed by atoms with van der Waals surface area (Å²) >= 11 is 7.45. The summed E-state index contributed by atoms with van der Waals surface area (Å²) in [6, 6.07) is 1.75. The van der Waals surface area contributed by atoms with Crippen LogP contribution in [0.2, 0.25) is 5.15 Å². The smallest absolute Gasteiger partial charge is 0.134 e. The Morgan fingerprint density at radius 3 is 2.93 bits per heavy atom. The first kappa shape index (κ1) is 11.2. The molecule has 1 fully saturated rings. The number of halogens is 1. The lowest BCUT2D eigenvalue weighted by Gasteiger charge is -2.08. The Kier molecular flexibility index (Phi) is 3.49. The van der Waals surface area contributed by atoms with E-state index in [2.05, 4.69) is 9.97 Å². The van der Waals surface area contributed by atoms with Crippen molar-refractivity contribution in [1.82, 2.24) is 9.97 Å². The Balaban J connectivity index is 2.15. The summed E-state index contributed by atoms with van der Waals surface area (Å²) in [5.41, 5.74) is 0. The Labute approximate surface area is 98.3 Å². The highest BCUT2D eigenvalue weighted by Gasteiger charge is 2.27. The van der Waals surface area contributed by atoms with Gasteiger partial charge in [-0.15, -0.1) is 11.8 Å². The van der Waals surface area contributed by atoms with E-state index in [1.807, 2.05) is 6.92 Å². The summed E-state index contributed by atoms with van der Waals surface area (Å²) in [4.78, 5) is 8.65. The van der Waals surface area contributed by atoms with Crippen LogP contribution in [-0.4, -0.2) is 26.9 Å². The van der Waals surface area contributed by atoms with Crippen LogP contribution in [0.4, 0.5) is 0 Å². The van der Waals surface area contributed by atoms with E-state index in [1.54, 1.807) is 6.07 Å². The monoisotopic (exact) mass is 244 g/mol. The van der Waals surface area contributed by atoms with Crippen LogP contribution in [0.3, 0.4) is 0 Å². The summed E-state index contributed by atoms with van der Waals surface area (Å²) in [5, 5.41) is 10.5. The fourth-order valence-corrected chi connectivity index (χ4v) is 2.31. The molecule has 0 amide bonds. The number of thioether (sulfide) groups is 1. The van der Waals surface area contributed by atoms with Crippen LogP contribution in [-0.2, 0) is 0 Å². The minimum Gasteiger partial charge on any atom is -0.395 e. The maximum absolute atomic E-state index is 8.96. The van der Waals surface area contributed by atoms with Crippen molar-refractivity contribution >= 4 is 23.4 Å². The van der Waals surface area contributed by atoms with Gasteiger partial charge in [0, 0.05) is 17.2 Å². The van der Waals surface area contributed by atoms with Gasteiger partial charge in [-0.3, -0.25) is 0 Å². The molecular formula is C10H13ClN2OS. The zero-order valence-corrected chi connectivity index (χ0v) is 10.1. The van der Waals surface area contributed by atoms with Crippen LogP contribution >= 0.6 is 23.4 Å². The minimum absolute atomic E-state index is 0.142. The van der Waals surface area contributed by atoms with Gasteiger partial charge in [-0.25, -0.2) is 9.97 Å². The fourth-order valence-electron chi connectivity index (χ4n) is 1.24. The highest BCUT2D eigenvalue weighted by molar-refractivity contribution is 7.99. The Hall–Kier alpha value is -0.320. The molecule has 1 aromatic heterocycles. The quantitative estimate of drug-likeness (QED) is 0.653. The summed E-state index contributed by atoms with van der Waals surface area (Å²) in [7, 11) is 0. The summed E-state index contributed by atoms with van der Waals surface area (Å²) < 4.78 is 0. The highest BCUT2D eigenvalue weighted by Crippen LogP contribution is 2.39. The minimum atomic E-state index is 0.142. The molecule has 1 aromatic rings. The predicted molar refractivity (Wildman–Crippen MR) is 61.4 cm³/mol. The van der Waals surface area contributed by atoms with Crippen molar-refractivity contribution < 1.29 is 5.11 Å². The van der Waals surface area contributed by atoms with Crippen molar-refractivity contribution in [3.05, 3.63) is 17.0 Å². The predicted octanol–water partition coefficient (Wildman–Crippen LogP) is 2.48. The zero-order chi connectivity index (χ0) is 10.8. The van der Waals surface area contributed by atoms with Gasteiger partial charge in [-0.2, -0.15) is 0 Å². The number of hydrogen-bond donors (Lipinski definition) is 1. The molecule has 0 saturated heterocycles.